The molecule has 0 aliphatic rings. The number of carboxylic acids is 1. The molecule has 0 aromatic heterocycles. The van der Waals surface area contributed by atoms with Crippen LogP contribution in [0.3, 0.4) is 0 Å². The molecule has 6 nitrogen and oxygen atoms in total. The first-order valence-corrected chi connectivity index (χ1v) is 6.27. The van der Waals surface area contributed by atoms with Gasteiger partial charge in [0.1, 0.15) is 6.04 Å². The van der Waals surface area contributed by atoms with Crippen molar-refractivity contribution in [2.45, 2.75) is 25.8 Å². The minimum atomic E-state index is -1.07. The monoisotopic (exact) mass is 278 g/mol. The SMILES string of the molecule is CNC(=O)c1cccc(CCC(=O)N[C@@H](C)C(=O)O)c1. The molecule has 1 aromatic carbocycles. The van der Waals surface area contributed by atoms with Gasteiger partial charge in [-0.05, 0) is 31.0 Å². The topological polar surface area (TPSA) is 95.5 Å². The summed E-state index contributed by atoms with van der Waals surface area (Å²) in [5, 5.41) is 13.6. The fourth-order valence-corrected chi connectivity index (χ4v) is 1.65. The van der Waals surface area contributed by atoms with E-state index in [1.54, 1.807) is 25.2 Å². The summed E-state index contributed by atoms with van der Waals surface area (Å²) in [5.41, 5.74) is 1.38. The lowest BCUT2D eigenvalue weighted by molar-refractivity contribution is -0.141. The number of carboxylic acid groups (broad SMARTS) is 1. The Morgan fingerprint density at radius 1 is 1.30 bits per heavy atom. The molecule has 0 unspecified atom stereocenters. The quantitative estimate of drug-likeness (QED) is 0.709. The van der Waals surface area contributed by atoms with E-state index in [9.17, 15) is 14.4 Å². The van der Waals surface area contributed by atoms with E-state index in [4.69, 9.17) is 5.11 Å². The molecule has 0 heterocycles. The Hall–Kier alpha value is -2.37. The van der Waals surface area contributed by atoms with Gasteiger partial charge in [-0.3, -0.25) is 14.4 Å². The average Bonchev–Trinajstić information content (AvgIpc) is 2.44. The highest BCUT2D eigenvalue weighted by molar-refractivity contribution is 5.94. The van der Waals surface area contributed by atoms with Crippen molar-refractivity contribution in [2.75, 3.05) is 7.05 Å². The highest BCUT2D eigenvalue weighted by Crippen LogP contribution is 2.07. The fraction of sp³-hybridized carbons (Fsp3) is 0.357. The molecule has 0 spiro atoms. The number of carbonyl (C=O) groups is 3. The number of amides is 2. The van der Waals surface area contributed by atoms with Crippen LogP contribution in [0, 0.1) is 0 Å². The molecule has 3 N–H and O–H groups in total. The van der Waals surface area contributed by atoms with Crippen molar-refractivity contribution < 1.29 is 19.5 Å². The van der Waals surface area contributed by atoms with Gasteiger partial charge in [0.05, 0.1) is 0 Å². The van der Waals surface area contributed by atoms with E-state index in [1.165, 1.54) is 6.92 Å². The maximum Gasteiger partial charge on any atom is 0.325 e. The maximum atomic E-state index is 11.6. The molecule has 2 amide bonds. The zero-order chi connectivity index (χ0) is 15.1. The third-order valence-electron chi connectivity index (χ3n) is 2.80. The Morgan fingerprint density at radius 2 is 2.00 bits per heavy atom. The molecule has 0 aliphatic carbocycles. The van der Waals surface area contributed by atoms with Crippen LogP contribution < -0.4 is 10.6 Å². The fourth-order valence-electron chi connectivity index (χ4n) is 1.65. The summed E-state index contributed by atoms with van der Waals surface area (Å²) in [7, 11) is 1.55. The third-order valence-corrected chi connectivity index (χ3v) is 2.80. The van der Waals surface area contributed by atoms with Crippen LogP contribution in [0.1, 0.15) is 29.3 Å². The van der Waals surface area contributed by atoms with E-state index < -0.39 is 12.0 Å². The van der Waals surface area contributed by atoms with Crippen molar-refractivity contribution in [1.82, 2.24) is 10.6 Å². The highest BCUT2D eigenvalue weighted by atomic mass is 16.4. The van der Waals surface area contributed by atoms with Gasteiger partial charge in [0.2, 0.25) is 5.91 Å². The van der Waals surface area contributed by atoms with Crippen molar-refractivity contribution in [3.8, 4) is 0 Å². The Bertz CT molecular complexity index is 514. The standard InChI is InChI=1S/C14H18N2O4/c1-9(14(19)20)16-12(17)7-6-10-4-3-5-11(8-10)13(18)15-2/h3-5,8-9H,6-7H2,1-2H3,(H,15,18)(H,16,17)(H,19,20)/t9-/m0/s1. The lowest BCUT2D eigenvalue weighted by atomic mass is 10.1. The zero-order valence-corrected chi connectivity index (χ0v) is 11.5. The molecule has 0 radical (unpaired) electrons. The van der Waals surface area contributed by atoms with Gasteiger partial charge >= 0.3 is 5.97 Å². The van der Waals surface area contributed by atoms with Gasteiger partial charge in [0.15, 0.2) is 0 Å². The minimum Gasteiger partial charge on any atom is -0.480 e. The van der Waals surface area contributed by atoms with Gasteiger partial charge in [-0.25, -0.2) is 0 Å². The molecule has 0 aliphatic heterocycles. The zero-order valence-electron chi connectivity index (χ0n) is 11.5. The Labute approximate surface area is 117 Å². The molecular formula is C14H18N2O4. The molecule has 108 valence electrons. The van der Waals surface area contributed by atoms with Crippen molar-refractivity contribution >= 4 is 17.8 Å². The summed E-state index contributed by atoms with van der Waals surface area (Å²) < 4.78 is 0. The Kier molecular flexibility index (Phi) is 5.71. The van der Waals surface area contributed by atoms with Crippen LogP contribution in [0.15, 0.2) is 24.3 Å². The van der Waals surface area contributed by atoms with Crippen molar-refractivity contribution in [3.63, 3.8) is 0 Å². The predicted molar refractivity (Wildman–Crippen MR) is 73.4 cm³/mol. The summed E-state index contributed by atoms with van der Waals surface area (Å²) in [5.74, 6) is -1.58. The first kappa shape index (κ1) is 15.7. The Morgan fingerprint density at radius 3 is 2.60 bits per heavy atom. The second-order valence-electron chi connectivity index (χ2n) is 4.41. The average molecular weight is 278 g/mol. The van der Waals surface area contributed by atoms with Crippen molar-refractivity contribution in [3.05, 3.63) is 35.4 Å². The van der Waals surface area contributed by atoms with E-state index in [-0.39, 0.29) is 18.2 Å². The largest absolute Gasteiger partial charge is 0.480 e. The summed E-state index contributed by atoms with van der Waals surface area (Å²) >= 11 is 0. The van der Waals surface area contributed by atoms with Crippen LogP contribution in [-0.4, -0.2) is 36.0 Å². The van der Waals surface area contributed by atoms with Gasteiger partial charge in [-0.1, -0.05) is 12.1 Å². The summed E-state index contributed by atoms with van der Waals surface area (Å²) in [4.78, 5) is 33.6. The number of rotatable bonds is 6. The van der Waals surface area contributed by atoms with Crippen LogP contribution in [0.4, 0.5) is 0 Å². The van der Waals surface area contributed by atoms with Gasteiger partial charge < -0.3 is 15.7 Å². The number of hydrogen-bond donors (Lipinski definition) is 3. The lowest BCUT2D eigenvalue weighted by Gasteiger charge is -2.09. The number of hydrogen-bond acceptors (Lipinski definition) is 3. The molecule has 1 atom stereocenters. The van der Waals surface area contributed by atoms with Crippen molar-refractivity contribution in [1.29, 1.82) is 0 Å². The maximum absolute atomic E-state index is 11.6. The normalized spacial score (nSPS) is 11.5. The smallest absolute Gasteiger partial charge is 0.325 e. The molecule has 0 saturated carbocycles. The molecular weight excluding hydrogens is 260 g/mol. The first-order chi connectivity index (χ1) is 9.43. The third kappa shape index (κ3) is 4.72. The highest BCUT2D eigenvalue weighted by Gasteiger charge is 2.13. The van der Waals surface area contributed by atoms with Gasteiger partial charge in [0, 0.05) is 19.0 Å². The molecule has 0 saturated heterocycles. The molecule has 6 heteroatoms. The summed E-state index contributed by atoms with van der Waals surface area (Å²) in [6, 6.07) is 6.07. The second kappa shape index (κ2) is 7.28. The van der Waals surface area contributed by atoms with Crippen molar-refractivity contribution in [2.24, 2.45) is 0 Å². The van der Waals surface area contributed by atoms with E-state index >= 15 is 0 Å². The van der Waals surface area contributed by atoms with Crippen LogP contribution in [0.2, 0.25) is 0 Å². The van der Waals surface area contributed by atoms with Crippen LogP contribution in [0.25, 0.3) is 0 Å². The number of benzene rings is 1. The second-order valence-corrected chi connectivity index (χ2v) is 4.41. The van der Waals surface area contributed by atoms with Gasteiger partial charge in [0.25, 0.3) is 5.91 Å². The molecule has 1 aromatic rings. The minimum absolute atomic E-state index is 0.175. The van der Waals surface area contributed by atoms with Crippen LogP contribution >= 0.6 is 0 Å². The van der Waals surface area contributed by atoms with Crippen LogP contribution in [0.5, 0.6) is 0 Å². The lowest BCUT2D eigenvalue weighted by Crippen LogP contribution is -2.38. The predicted octanol–water partition coefficient (Wildman–Crippen LogP) is 0.568. The number of aryl methyl sites for hydroxylation is 1. The number of nitrogens with one attached hydrogen (secondary N) is 2. The molecule has 0 fully saturated rings. The van der Waals surface area contributed by atoms with E-state index in [1.807, 2.05) is 6.07 Å². The van der Waals surface area contributed by atoms with Crippen LogP contribution in [-0.2, 0) is 16.0 Å². The van der Waals surface area contributed by atoms with E-state index in [0.29, 0.717) is 12.0 Å². The molecule has 0 bridgehead atoms. The number of aliphatic carboxylic acids is 1. The number of carbonyl (C=O) groups excluding carboxylic acids is 2. The van der Waals surface area contributed by atoms with Gasteiger partial charge in [-0.15, -0.1) is 0 Å². The van der Waals surface area contributed by atoms with E-state index in [2.05, 4.69) is 10.6 Å². The Balaban J connectivity index is 2.55. The first-order valence-electron chi connectivity index (χ1n) is 6.27. The molecule has 20 heavy (non-hydrogen) atoms. The summed E-state index contributed by atoms with van der Waals surface area (Å²) in [6.07, 6.45) is 0.623. The summed E-state index contributed by atoms with van der Waals surface area (Å²) in [6.45, 7) is 1.41. The van der Waals surface area contributed by atoms with Gasteiger partial charge in [-0.2, -0.15) is 0 Å². The van der Waals surface area contributed by atoms with E-state index in [0.717, 1.165) is 5.56 Å². The molecule has 1 rings (SSSR count).